The van der Waals surface area contributed by atoms with Crippen molar-refractivity contribution < 1.29 is 14.0 Å². The maximum atomic E-state index is 14.0. The van der Waals surface area contributed by atoms with E-state index in [1.807, 2.05) is 55.8 Å². The Labute approximate surface area is 215 Å². The molecular formula is C29H30FN5O2. The number of hydrogen-bond acceptors (Lipinski definition) is 4. The lowest BCUT2D eigenvalue weighted by atomic mass is 10.0. The summed E-state index contributed by atoms with van der Waals surface area (Å²) in [6, 6.07) is 14.4. The summed E-state index contributed by atoms with van der Waals surface area (Å²) in [5, 5.41) is 5.23. The lowest BCUT2D eigenvalue weighted by Crippen LogP contribution is -2.50. The summed E-state index contributed by atoms with van der Waals surface area (Å²) < 4.78 is 15.8. The zero-order valence-corrected chi connectivity index (χ0v) is 21.5. The Morgan fingerprint density at radius 2 is 1.57 bits per heavy atom. The maximum absolute atomic E-state index is 14.0. The smallest absolute Gasteiger partial charge is 0.254 e. The van der Waals surface area contributed by atoms with Crippen molar-refractivity contribution in [2.45, 2.75) is 33.7 Å². The van der Waals surface area contributed by atoms with Gasteiger partial charge in [0.2, 0.25) is 0 Å². The van der Waals surface area contributed by atoms with Crippen LogP contribution in [-0.2, 0) is 0 Å². The predicted molar refractivity (Wildman–Crippen MR) is 141 cm³/mol. The summed E-state index contributed by atoms with van der Waals surface area (Å²) in [5.74, 6) is -0.732. The SMILES string of the molecule is Cc1ccc(C(=O)N2CCN(C(=O)c3cc(-c4ccccc4C)nc4c3cnn4C(C)C)CC2)cc1F. The minimum Gasteiger partial charge on any atom is -0.335 e. The van der Waals surface area contributed by atoms with E-state index in [-0.39, 0.29) is 17.9 Å². The maximum Gasteiger partial charge on any atom is 0.254 e. The molecule has 0 radical (unpaired) electrons. The molecule has 2 aromatic heterocycles. The molecular weight excluding hydrogens is 469 g/mol. The van der Waals surface area contributed by atoms with Crippen LogP contribution in [0.15, 0.2) is 54.7 Å². The lowest BCUT2D eigenvalue weighted by Gasteiger charge is -2.35. The summed E-state index contributed by atoms with van der Waals surface area (Å²) in [7, 11) is 0. The van der Waals surface area contributed by atoms with Gasteiger partial charge in [0, 0.05) is 43.3 Å². The van der Waals surface area contributed by atoms with Crippen molar-refractivity contribution in [3.63, 3.8) is 0 Å². The van der Waals surface area contributed by atoms with E-state index in [4.69, 9.17) is 4.98 Å². The quantitative estimate of drug-likeness (QED) is 0.395. The normalized spacial score (nSPS) is 14.0. The third-order valence-electron chi connectivity index (χ3n) is 6.98. The van der Waals surface area contributed by atoms with Gasteiger partial charge in [-0.05, 0) is 57.0 Å². The van der Waals surface area contributed by atoms with Gasteiger partial charge in [0.15, 0.2) is 5.65 Å². The number of rotatable bonds is 4. The summed E-state index contributed by atoms with van der Waals surface area (Å²) in [4.78, 5) is 35.1. The molecule has 3 heterocycles. The Kier molecular flexibility index (Phi) is 6.50. The van der Waals surface area contributed by atoms with Gasteiger partial charge in [-0.2, -0.15) is 5.10 Å². The average molecular weight is 500 g/mol. The van der Waals surface area contributed by atoms with Gasteiger partial charge >= 0.3 is 0 Å². The molecule has 5 rings (SSSR count). The molecule has 1 aliphatic rings. The molecule has 2 amide bonds. The molecule has 4 aromatic rings. The van der Waals surface area contributed by atoms with Gasteiger partial charge in [-0.25, -0.2) is 14.1 Å². The minimum absolute atomic E-state index is 0.0845. The van der Waals surface area contributed by atoms with Gasteiger partial charge in [0.25, 0.3) is 11.8 Å². The fraction of sp³-hybridized carbons (Fsp3) is 0.310. The first-order chi connectivity index (χ1) is 17.7. The first-order valence-corrected chi connectivity index (χ1v) is 12.5. The van der Waals surface area contributed by atoms with Crippen molar-refractivity contribution in [3.05, 3.63) is 82.8 Å². The minimum atomic E-state index is -0.396. The molecule has 1 fully saturated rings. The van der Waals surface area contributed by atoms with Crippen LogP contribution in [0.3, 0.4) is 0 Å². The molecule has 0 spiro atoms. The van der Waals surface area contributed by atoms with Crippen LogP contribution in [0.25, 0.3) is 22.3 Å². The monoisotopic (exact) mass is 499 g/mol. The lowest BCUT2D eigenvalue weighted by molar-refractivity contribution is 0.0536. The van der Waals surface area contributed by atoms with Crippen molar-refractivity contribution in [1.82, 2.24) is 24.6 Å². The van der Waals surface area contributed by atoms with E-state index in [0.29, 0.717) is 53.9 Å². The zero-order valence-electron chi connectivity index (χ0n) is 21.5. The topological polar surface area (TPSA) is 71.3 Å². The Bertz CT molecular complexity index is 1500. The highest BCUT2D eigenvalue weighted by Gasteiger charge is 2.28. The fourth-order valence-corrected chi connectivity index (χ4v) is 4.76. The van der Waals surface area contributed by atoms with Gasteiger partial charge < -0.3 is 9.80 Å². The number of benzene rings is 2. The second-order valence-corrected chi connectivity index (χ2v) is 9.84. The van der Waals surface area contributed by atoms with E-state index in [9.17, 15) is 14.0 Å². The number of amides is 2. The fourth-order valence-electron chi connectivity index (χ4n) is 4.76. The van der Waals surface area contributed by atoms with E-state index in [2.05, 4.69) is 5.10 Å². The van der Waals surface area contributed by atoms with Gasteiger partial charge in [-0.15, -0.1) is 0 Å². The van der Waals surface area contributed by atoms with Crippen LogP contribution in [0.1, 0.15) is 51.7 Å². The third kappa shape index (κ3) is 4.59. The molecule has 0 atom stereocenters. The number of pyridine rings is 1. The number of halogens is 1. The summed E-state index contributed by atoms with van der Waals surface area (Å²) in [5.41, 5.74) is 4.82. The molecule has 37 heavy (non-hydrogen) atoms. The van der Waals surface area contributed by atoms with Crippen LogP contribution in [0, 0.1) is 19.7 Å². The van der Waals surface area contributed by atoms with Crippen LogP contribution in [0.4, 0.5) is 4.39 Å². The zero-order chi connectivity index (χ0) is 26.3. The first-order valence-electron chi connectivity index (χ1n) is 12.5. The Morgan fingerprint density at radius 3 is 2.22 bits per heavy atom. The third-order valence-corrected chi connectivity index (χ3v) is 6.98. The number of aromatic nitrogens is 3. The van der Waals surface area contributed by atoms with Crippen molar-refractivity contribution in [3.8, 4) is 11.3 Å². The summed E-state index contributed by atoms with van der Waals surface area (Å²) >= 11 is 0. The standard InChI is InChI=1S/C29H30FN5O2/c1-18(2)35-27-24(17-31-35)23(16-26(32-27)22-8-6-5-7-19(22)3)29(37)34-13-11-33(12-14-34)28(36)21-10-9-20(4)25(30)15-21/h5-10,15-18H,11-14H2,1-4H3. The van der Waals surface area contributed by atoms with Gasteiger partial charge in [-0.1, -0.05) is 30.3 Å². The highest BCUT2D eigenvalue weighted by atomic mass is 19.1. The molecule has 190 valence electrons. The molecule has 0 aliphatic carbocycles. The molecule has 1 aliphatic heterocycles. The van der Waals surface area contributed by atoms with Crippen LogP contribution < -0.4 is 0 Å². The Morgan fingerprint density at radius 1 is 0.892 bits per heavy atom. The number of carbonyl (C=O) groups excluding carboxylic acids is 2. The van der Waals surface area contributed by atoms with Crippen molar-refractivity contribution in [1.29, 1.82) is 0 Å². The van der Waals surface area contributed by atoms with Crippen molar-refractivity contribution >= 4 is 22.8 Å². The number of fused-ring (bicyclic) bond motifs is 1. The van der Waals surface area contributed by atoms with Gasteiger partial charge in [0.1, 0.15) is 5.82 Å². The molecule has 0 saturated carbocycles. The van der Waals surface area contributed by atoms with Crippen molar-refractivity contribution in [2.75, 3.05) is 26.2 Å². The van der Waals surface area contributed by atoms with E-state index < -0.39 is 5.82 Å². The van der Waals surface area contributed by atoms with Crippen LogP contribution in [-0.4, -0.2) is 62.6 Å². The second kappa shape index (κ2) is 9.76. The van der Waals surface area contributed by atoms with E-state index in [1.165, 1.54) is 6.07 Å². The van der Waals surface area contributed by atoms with Crippen LogP contribution in [0.2, 0.25) is 0 Å². The summed E-state index contributed by atoms with van der Waals surface area (Å²) in [6.07, 6.45) is 1.71. The highest BCUT2D eigenvalue weighted by Crippen LogP contribution is 2.29. The first kappa shape index (κ1) is 24.6. The highest BCUT2D eigenvalue weighted by molar-refractivity contribution is 6.06. The van der Waals surface area contributed by atoms with Crippen molar-refractivity contribution in [2.24, 2.45) is 0 Å². The number of hydrogen-bond donors (Lipinski definition) is 0. The molecule has 2 aromatic carbocycles. The van der Waals surface area contributed by atoms with Gasteiger partial charge in [-0.3, -0.25) is 9.59 Å². The Hall–Kier alpha value is -4.07. The average Bonchev–Trinajstić information content (AvgIpc) is 3.34. The molecule has 0 bridgehead atoms. The van der Waals surface area contributed by atoms with Gasteiger partial charge in [0.05, 0.1) is 22.8 Å². The predicted octanol–water partition coefficient (Wildman–Crippen LogP) is 5.03. The number of piperazine rings is 1. The second-order valence-electron chi connectivity index (χ2n) is 9.84. The molecule has 7 nitrogen and oxygen atoms in total. The number of aryl methyl sites for hydroxylation is 2. The number of nitrogens with zero attached hydrogens (tertiary/aromatic N) is 5. The Balaban J connectivity index is 1.43. The van der Waals surface area contributed by atoms with E-state index in [1.54, 1.807) is 35.1 Å². The molecule has 8 heteroatoms. The van der Waals surface area contributed by atoms with Crippen LogP contribution >= 0.6 is 0 Å². The molecule has 0 N–H and O–H groups in total. The number of carbonyl (C=O) groups is 2. The molecule has 0 unspecified atom stereocenters. The van der Waals surface area contributed by atoms with Crippen LogP contribution in [0.5, 0.6) is 0 Å². The van der Waals surface area contributed by atoms with E-state index >= 15 is 0 Å². The van der Waals surface area contributed by atoms with E-state index in [0.717, 1.165) is 16.8 Å². The summed E-state index contributed by atoms with van der Waals surface area (Å²) in [6.45, 7) is 9.30. The molecule has 1 saturated heterocycles. The largest absolute Gasteiger partial charge is 0.335 e.